The molecule has 0 saturated carbocycles. The van der Waals surface area contributed by atoms with Crippen LogP contribution in [-0.4, -0.2) is 37.2 Å². The Labute approximate surface area is 92.6 Å². The molecule has 1 rings (SSSR count). The van der Waals surface area contributed by atoms with E-state index in [0.717, 1.165) is 12.6 Å². The molecule has 1 aliphatic rings. The van der Waals surface area contributed by atoms with E-state index >= 15 is 0 Å². The highest BCUT2D eigenvalue weighted by molar-refractivity contribution is 7.98. The van der Waals surface area contributed by atoms with E-state index in [2.05, 4.69) is 23.8 Å². The summed E-state index contributed by atoms with van der Waals surface area (Å²) >= 11 is 1.94. The van der Waals surface area contributed by atoms with Gasteiger partial charge < -0.3 is 10.6 Å². The van der Waals surface area contributed by atoms with Crippen LogP contribution in [0.3, 0.4) is 0 Å². The van der Waals surface area contributed by atoms with E-state index in [1.165, 1.54) is 38.0 Å². The van der Waals surface area contributed by atoms with Crippen LogP contribution in [-0.2, 0) is 0 Å². The molecule has 3 heteroatoms. The van der Waals surface area contributed by atoms with Crippen LogP contribution in [0.4, 0.5) is 0 Å². The van der Waals surface area contributed by atoms with Crippen molar-refractivity contribution in [2.75, 3.05) is 25.1 Å². The van der Waals surface area contributed by atoms with Gasteiger partial charge in [0.2, 0.25) is 0 Å². The highest BCUT2D eigenvalue weighted by Crippen LogP contribution is 2.06. The molecule has 0 bridgehead atoms. The van der Waals surface area contributed by atoms with Gasteiger partial charge in [0.1, 0.15) is 0 Å². The molecule has 0 aromatic heterocycles. The highest BCUT2D eigenvalue weighted by Gasteiger charge is 2.12. The molecule has 0 aromatic rings. The lowest BCUT2D eigenvalue weighted by Gasteiger charge is -2.25. The zero-order chi connectivity index (χ0) is 10.2. The van der Waals surface area contributed by atoms with Gasteiger partial charge in [0.15, 0.2) is 0 Å². The lowest BCUT2D eigenvalue weighted by molar-refractivity contribution is 0.368. The second-order valence-electron chi connectivity index (χ2n) is 4.24. The van der Waals surface area contributed by atoms with E-state index in [1.54, 1.807) is 0 Å². The van der Waals surface area contributed by atoms with E-state index in [9.17, 15) is 0 Å². The molecular formula is C11H24N2S. The Morgan fingerprint density at radius 1 is 1.50 bits per heavy atom. The molecule has 1 aliphatic heterocycles. The minimum Gasteiger partial charge on any atom is -0.313 e. The lowest BCUT2D eigenvalue weighted by Crippen LogP contribution is -2.44. The number of hydrogen-bond donors (Lipinski definition) is 2. The fourth-order valence-electron chi connectivity index (χ4n) is 1.84. The summed E-state index contributed by atoms with van der Waals surface area (Å²) < 4.78 is 0. The third kappa shape index (κ3) is 5.23. The van der Waals surface area contributed by atoms with E-state index in [1.807, 2.05) is 11.8 Å². The summed E-state index contributed by atoms with van der Waals surface area (Å²) in [6.07, 6.45) is 7.57. The fourth-order valence-corrected chi connectivity index (χ4v) is 2.43. The van der Waals surface area contributed by atoms with Crippen molar-refractivity contribution in [1.82, 2.24) is 10.6 Å². The summed E-state index contributed by atoms with van der Waals surface area (Å²) in [5, 5.41) is 7.17. The lowest BCUT2D eigenvalue weighted by atomic mass is 10.0. The van der Waals surface area contributed by atoms with Crippen molar-refractivity contribution in [2.24, 2.45) is 0 Å². The first-order chi connectivity index (χ1) is 6.83. The van der Waals surface area contributed by atoms with Crippen LogP contribution in [0.25, 0.3) is 0 Å². The first-order valence-corrected chi connectivity index (χ1v) is 7.18. The zero-order valence-electron chi connectivity index (χ0n) is 9.51. The number of piperidine rings is 1. The van der Waals surface area contributed by atoms with E-state index in [4.69, 9.17) is 0 Å². The molecule has 0 aromatic carbocycles. The second kappa shape index (κ2) is 7.55. The number of rotatable bonds is 6. The molecule has 1 heterocycles. The van der Waals surface area contributed by atoms with Crippen LogP contribution in [0, 0.1) is 0 Å². The van der Waals surface area contributed by atoms with E-state index in [0.29, 0.717) is 6.04 Å². The van der Waals surface area contributed by atoms with Crippen molar-refractivity contribution in [1.29, 1.82) is 0 Å². The Morgan fingerprint density at radius 3 is 3.00 bits per heavy atom. The zero-order valence-corrected chi connectivity index (χ0v) is 10.3. The molecule has 0 radical (unpaired) electrons. The van der Waals surface area contributed by atoms with Gasteiger partial charge in [-0.2, -0.15) is 11.8 Å². The molecule has 2 atom stereocenters. The molecule has 84 valence electrons. The second-order valence-corrected chi connectivity index (χ2v) is 5.22. The smallest absolute Gasteiger partial charge is 0.0192 e. The van der Waals surface area contributed by atoms with Crippen molar-refractivity contribution >= 4 is 11.8 Å². The van der Waals surface area contributed by atoms with Gasteiger partial charge in [0.05, 0.1) is 0 Å². The highest BCUT2D eigenvalue weighted by atomic mass is 32.2. The molecule has 2 unspecified atom stereocenters. The number of hydrogen-bond acceptors (Lipinski definition) is 3. The molecular weight excluding hydrogens is 192 g/mol. The van der Waals surface area contributed by atoms with Gasteiger partial charge in [0, 0.05) is 18.6 Å². The summed E-state index contributed by atoms with van der Waals surface area (Å²) in [7, 11) is 0. The number of nitrogens with one attached hydrogen (secondary N) is 2. The van der Waals surface area contributed by atoms with Gasteiger partial charge in [0.25, 0.3) is 0 Å². The van der Waals surface area contributed by atoms with Gasteiger partial charge in [-0.05, 0) is 44.7 Å². The average Bonchev–Trinajstić information content (AvgIpc) is 2.25. The molecule has 2 N–H and O–H groups in total. The van der Waals surface area contributed by atoms with Crippen molar-refractivity contribution in [3.63, 3.8) is 0 Å². The summed E-state index contributed by atoms with van der Waals surface area (Å²) in [5.41, 5.74) is 0. The van der Waals surface area contributed by atoms with Crippen molar-refractivity contribution in [3.8, 4) is 0 Å². The molecule has 1 fully saturated rings. The average molecular weight is 216 g/mol. The predicted octanol–water partition coefficient (Wildman–Crippen LogP) is 1.86. The Hall–Kier alpha value is 0.270. The summed E-state index contributed by atoms with van der Waals surface area (Å²) in [4.78, 5) is 0. The fraction of sp³-hybridized carbons (Fsp3) is 1.00. The molecule has 14 heavy (non-hydrogen) atoms. The third-order valence-corrected chi connectivity index (χ3v) is 3.52. The van der Waals surface area contributed by atoms with E-state index < -0.39 is 0 Å². The Kier molecular flexibility index (Phi) is 6.65. The van der Waals surface area contributed by atoms with Crippen molar-refractivity contribution in [2.45, 2.75) is 44.7 Å². The van der Waals surface area contributed by atoms with Crippen LogP contribution in [0.2, 0.25) is 0 Å². The van der Waals surface area contributed by atoms with Crippen LogP contribution in [0.1, 0.15) is 32.6 Å². The minimum atomic E-state index is 0.672. The topological polar surface area (TPSA) is 24.1 Å². The first-order valence-electron chi connectivity index (χ1n) is 5.78. The van der Waals surface area contributed by atoms with Crippen LogP contribution in [0.15, 0.2) is 0 Å². The quantitative estimate of drug-likeness (QED) is 0.709. The van der Waals surface area contributed by atoms with Crippen LogP contribution < -0.4 is 10.6 Å². The maximum atomic E-state index is 3.61. The van der Waals surface area contributed by atoms with Gasteiger partial charge >= 0.3 is 0 Å². The molecule has 1 saturated heterocycles. The maximum Gasteiger partial charge on any atom is 0.0192 e. The Bertz CT molecular complexity index is 135. The normalized spacial score (nSPS) is 24.9. The monoisotopic (exact) mass is 216 g/mol. The van der Waals surface area contributed by atoms with Gasteiger partial charge in [-0.1, -0.05) is 6.42 Å². The summed E-state index contributed by atoms with van der Waals surface area (Å²) in [6, 6.07) is 1.40. The van der Waals surface area contributed by atoms with Crippen molar-refractivity contribution in [3.05, 3.63) is 0 Å². The standard InChI is InChI=1S/C11H24N2S/c1-10(6-8-14-2)13-9-11-5-3-4-7-12-11/h10-13H,3-9H2,1-2H3. The molecule has 0 amide bonds. The Morgan fingerprint density at radius 2 is 2.36 bits per heavy atom. The Balaban J connectivity index is 2.00. The van der Waals surface area contributed by atoms with Gasteiger partial charge in [-0.25, -0.2) is 0 Å². The largest absolute Gasteiger partial charge is 0.313 e. The first kappa shape index (κ1) is 12.3. The molecule has 0 aliphatic carbocycles. The SMILES string of the molecule is CSCCC(C)NCC1CCCCN1. The van der Waals surface area contributed by atoms with Gasteiger partial charge in [-0.15, -0.1) is 0 Å². The van der Waals surface area contributed by atoms with Gasteiger partial charge in [-0.3, -0.25) is 0 Å². The third-order valence-electron chi connectivity index (χ3n) is 2.88. The summed E-state index contributed by atoms with van der Waals surface area (Å²) in [5.74, 6) is 1.27. The maximum absolute atomic E-state index is 3.61. The molecule has 0 spiro atoms. The van der Waals surface area contributed by atoms with Crippen LogP contribution in [0.5, 0.6) is 0 Å². The minimum absolute atomic E-state index is 0.672. The predicted molar refractivity (Wildman–Crippen MR) is 66.1 cm³/mol. The van der Waals surface area contributed by atoms with E-state index in [-0.39, 0.29) is 0 Å². The summed E-state index contributed by atoms with van der Waals surface area (Å²) in [6.45, 7) is 4.65. The van der Waals surface area contributed by atoms with Crippen LogP contribution >= 0.6 is 11.8 Å². The molecule has 2 nitrogen and oxygen atoms in total. The number of thioether (sulfide) groups is 1. The van der Waals surface area contributed by atoms with Crippen molar-refractivity contribution < 1.29 is 0 Å².